The van der Waals surface area contributed by atoms with Crippen LogP contribution in [0, 0.1) is 5.92 Å². The highest BCUT2D eigenvalue weighted by atomic mass is 32.2. The summed E-state index contributed by atoms with van der Waals surface area (Å²) in [6.45, 7) is 6.70. The number of aryl methyl sites for hydroxylation is 1. The lowest BCUT2D eigenvalue weighted by Crippen LogP contribution is -2.06. The molecule has 3 aromatic heterocycles. The summed E-state index contributed by atoms with van der Waals surface area (Å²) in [4.78, 5) is 26.8. The second-order valence-corrected chi connectivity index (χ2v) is 9.16. The van der Waals surface area contributed by atoms with Gasteiger partial charge in [-0.1, -0.05) is 25.6 Å². The molecular formula is C20H23N3O2S2. The van der Waals surface area contributed by atoms with Gasteiger partial charge in [0.05, 0.1) is 22.6 Å². The van der Waals surface area contributed by atoms with Crippen LogP contribution in [0.15, 0.2) is 11.4 Å². The highest BCUT2D eigenvalue weighted by Gasteiger charge is 2.24. The van der Waals surface area contributed by atoms with Gasteiger partial charge in [0.2, 0.25) is 0 Å². The molecule has 4 rings (SSSR count). The van der Waals surface area contributed by atoms with Gasteiger partial charge in [-0.3, -0.25) is 4.79 Å². The van der Waals surface area contributed by atoms with Crippen LogP contribution in [0.4, 0.5) is 0 Å². The van der Waals surface area contributed by atoms with Gasteiger partial charge in [0.1, 0.15) is 16.2 Å². The average Bonchev–Trinajstić information content (AvgIpc) is 3.23. The van der Waals surface area contributed by atoms with Crippen molar-refractivity contribution in [2.75, 3.05) is 12.4 Å². The van der Waals surface area contributed by atoms with Crippen LogP contribution in [0.25, 0.3) is 20.4 Å². The second kappa shape index (κ2) is 7.72. The first kappa shape index (κ1) is 18.6. The molecule has 0 radical (unpaired) electrons. The Labute approximate surface area is 167 Å². The van der Waals surface area contributed by atoms with E-state index in [9.17, 15) is 4.79 Å². The van der Waals surface area contributed by atoms with Crippen LogP contribution in [0.2, 0.25) is 0 Å². The topological polar surface area (TPSA) is 65.0 Å². The number of esters is 1. The molecule has 0 atom stereocenters. The minimum atomic E-state index is -0.214. The van der Waals surface area contributed by atoms with Crippen LogP contribution in [0.3, 0.4) is 0 Å². The average molecular weight is 402 g/mol. The van der Waals surface area contributed by atoms with Gasteiger partial charge < -0.3 is 4.74 Å². The second-order valence-electron chi connectivity index (χ2n) is 7.20. The molecule has 7 heteroatoms. The lowest BCUT2D eigenvalue weighted by atomic mass is 9.99. The predicted octanol–water partition coefficient (Wildman–Crippen LogP) is 4.58. The minimum Gasteiger partial charge on any atom is -0.465 e. The zero-order valence-corrected chi connectivity index (χ0v) is 17.5. The zero-order chi connectivity index (χ0) is 19.0. The van der Waals surface area contributed by atoms with E-state index < -0.39 is 0 Å². The largest absolute Gasteiger partial charge is 0.465 e. The number of thiophene rings is 1. The molecule has 142 valence electrons. The van der Waals surface area contributed by atoms with Crippen LogP contribution in [-0.2, 0) is 28.8 Å². The first-order valence-corrected chi connectivity index (χ1v) is 11.2. The third-order valence-electron chi connectivity index (χ3n) is 4.76. The van der Waals surface area contributed by atoms with Crippen LogP contribution in [0.5, 0.6) is 0 Å². The fourth-order valence-corrected chi connectivity index (χ4v) is 5.80. The van der Waals surface area contributed by atoms with Crippen molar-refractivity contribution in [3.05, 3.63) is 23.1 Å². The number of hydrogen-bond acceptors (Lipinski definition) is 7. The summed E-state index contributed by atoms with van der Waals surface area (Å²) in [5.74, 6) is 0.635. The van der Waals surface area contributed by atoms with Gasteiger partial charge in [-0.05, 0) is 49.7 Å². The SMILES string of the molecule is CCOC(=O)CSc1ncnc2c1sc1nc(CC(C)C)c3c(c12)CCC3. The molecule has 0 spiro atoms. The maximum atomic E-state index is 11.7. The molecule has 3 heterocycles. The van der Waals surface area contributed by atoms with E-state index in [1.807, 2.05) is 6.92 Å². The Hall–Kier alpha value is -1.73. The Kier molecular flexibility index (Phi) is 5.32. The lowest BCUT2D eigenvalue weighted by Gasteiger charge is -2.11. The fourth-order valence-electron chi connectivity index (χ4n) is 3.74. The van der Waals surface area contributed by atoms with Gasteiger partial charge >= 0.3 is 5.97 Å². The summed E-state index contributed by atoms with van der Waals surface area (Å²) >= 11 is 3.07. The van der Waals surface area contributed by atoms with E-state index in [4.69, 9.17) is 9.72 Å². The van der Waals surface area contributed by atoms with E-state index in [-0.39, 0.29) is 11.7 Å². The number of thioether (sulfide) groups is 1. The predicted molar refractivity (Wildman–Crippen MR) is 111 cm³/mol. The highest BCUT2D eigenvalue weighted by Crippen LogP contribution is 2.42. The number of fused-ring (bicyclic) bond motifs is 5. The maximum absolute atomic E-state index is 11.7. The summed E-state index contributed by atoms with van der Waals surface area (Å²) < 4.78 is 6.07. The van der Waals surface area contributed by atoms with Crippen LogP contribution >= 0.6 is 23.1 Å². The Morgan fingerprint density at radius 1 is 1.30 bits per heavy atom. The van der Waals surface area contributed by atoms with Crippen molar-refractivity contribution in [2.24, 2.45) is 5.92 Å². The van der Waals surface area contributed by atoms with Crippen molar-refractivity contribution in [1.82, 2.24) is 15.0 Å². The molecule has 0 amide bonds. The van der Waals surface area contributed by atoms with E-state index in [0.717, 1.165) is 39.3 Å². The van der Waals surface area contributed by atoms with Crippen molar-refractivity contribution in [3.63, 3.8) is 0 Å². The number of nitrogens with zero attached hydrogens (tertiary/aromatic N) is 3. The molecule has 3 aromatic rings. The van der Waals surface area contributed by atoms with Gasteiger partial charge in [0.25, 0.3) is 0 Å². The Bertz CT molecular complexity index is 1010. The Morgan fingerprint density at radius 2 is 2.11 bits per heavy atom. The Balaban J connectivity index is 1.81. The number of carbonyl (C=O) groups excluding carboxylic acids is 1. The first-order chi connectivity index (χ1) is 13.1. The number of hydrogen-bond donors (Lipinski definition) is 0. The molecule has 5 nitrogen and oxygen atoms in total. The number of pyridine rings is 1. The Morgan fingerprint density at radius 3 is 2.89 bits per heavy atom. The van der Waals surface area contributed by atoms with Crippen LogP contribution in [-0.4, -0.2) is 33.3 Å². The fraction of sp³-hybridized carbons (Fsp3) is 0.500. The van der Waals surface area contributed by atoms with E-state index >= 15 is 0 Å². The normalized spacial score (nSPS) is 13.6. The summed E-state index contributed by atoms with van der Waals surface area (Å²) in [6, 6.07) is 0. The maximum Gasteiger partial charge on any atom is 0.316 e. The highest BCUT2D eigenvalue weighted by molar-refractivity contribution is 8.00. The molecule has 27 heavy (non-hydrogen) atoms. The molecule has 0 fully saturated rings. The van der Waals surface area contributed by atoms with Gasteiger partial charge in [-0.2, -0.15) is 0 Å². The summed E-state index contributed by atoms with van der Waals surface area (Å²) in [5, 5.41) is 2.05. The van der Waals surface area contributed by atoms with E-state index in [1.165, 1.54) is 40.4 Å². The number of carbonyl (C=O) groups is 1. The van der Waals surface area contributed by atoms with Gasteiger partial charge in [-0.15, -0.1) is 11.3 Å². The quantitative estimate of drug-likeness (QED) is 0.342. The molecule has 0 bridgehead atoms. The molecule has 0 aliphatic heterocycles. The molecule has 0 N–H and O–H groups in total. The van der Waals surface area contributed by atoms with Crippen molar-refractivity contribution in [1.29, 1.82) is 0 Å². The molecule has 0 saturated carbocycles. The number of ether oxygens (including phenoxy) is 1. The van der Waals surface area contributed by atoms with E-state index in [0.29, 0.717) is 12.5 Å². The third-order valence-corrected chi connectivity index (χ3v) is 6.93. The standard InChI is InChI=1S/C20H23N3O2S2/c1-4-25-15(24)9-26-20-18-17(21-10-22-20)16-13-7-5-6-12(13)14(8-11(2)3)23-19(16)27-18/h10-11H,4-9H2,1-3H3. The van der Waals surface area contributed by atoms with Crippen LogP contribution < -0.4 is 0 Å². The summed E-state index contributed by atoms with van der Waals surface area (Å²) in [5.41, 5.74) is 5.11. The molecule has 0 saturated heterocycles. The van der Waals surface area contributed by atoms with Crippen molar-refractivity contribution in [3.8, 4) is 0 Å². The van der Waals surface area contributed by atoms with Crippen molar-refractivity contribution in [2.45, 2.75) is 51.5 Å². The molecule has 0 aromatic carbocycles. The zero-order valence-electron chi connectivity index (χ0n) is 15.9. The number of aromatic nitrogens is 3. The third kappa shape index (κ3) is 3.55. The molecular weight excluding hydrogens is 378 g/mol. The van der Waals surface area contributed by atoms with Crippen molar-refractivity contribution >= 4 is 49.5 Å². The van der Waals surface area contributed by atoms with E-state index in [2.05, 4.69) is 23.8 Å². The summed E-state index contributed by atoms with van der Waals surface area (Å²) in [6.07, 6.45) is 6.02. The van der Waals surface area contributed by atoms with E-state index in [1.54, 1.807) is 17.7 Å². The first-order valence-electron chi connectivity index (χ1n) is 9.44. The van der Waals surface area contributed by atoms with Crippen molar-refractivity contribution < 1.29 is 9.53 Å². The lowest BCUT2D eigenvalue weighted by molar-refractivity contribution is -0.139. The molecule has 0 unspecified atom stereocenters. The van der Waals surface area contributed by atoms with Gasteiger partial charge in [-0.25, -0.2) is 15.0 Å². The minimum absolute atomic E-state index is 0.214. The van der Waals surface area contributed by atoms with Gasteiger partial charge in [0.15, 0.2) is 0 Å². The smallest absolute Gasteiger partial charge is 0.316 e. The van der Waals surface area contributed by atoms with Crippen LogP contribution in [0.1, 0.15) is 44.0 Å². The molecule has 1 aliphatic rings. The van der Waals surface area contributed by atoms with Gasteiger partial charge in [0, 0.05) is 11.1 Å². The monoisotopic (exact) mass is 401 g/mol. The molecule has 1 aliphatic carbocycles. The summed E-state index contributed by atoms with van der Waals surface area (Å²) in [7, 11) is 0. The number of rotatable bonds is 6.